The molecule has 0 bridgehead atoms. The minimum Gasteiger partial charge on any atom is -0.422 e. The van der Waals surface area contributed by atoms with Gasteiger partial charge < -0.3 is 4.74 Å². The molecule has 0 N–H and O–H groups in total. The van der Waals surface area contributed by atoms with Crippen molar-refractivity contribution in [3.63, 3.8) is 0 Å². The van der Waals surface area contributed by atoms with Crippen molar-refractivity contribution in [2.24, 2.45) is 0 Å². The minimum atomic E-state index is -0.609. The molecular weight excluding hydrogens is 294 g/mol. The summed E-state index contributed by atoms with van der Waals surface area (Å²) >= 11 is 0. The Morgan fingerprint density at radius 2 is 1.70 bits per heavy atom. The number of carbonyl (C=O) groups is 1. The zero-order valence-electron chi connectivity index (χ0n) is 12.4. The molecule has 0 aliphatic carbocycles. The summed E-state index contributed by atoms with van der Waals surface area (Å²) in [5.41, 5.74) is 0.382. The number of hydrogen-bond acceptors (Lipinski definition) is 4. The van der Waals surface area contributed by atoms with Crippen molar-refractivity contribution in [2.75, 3.05) is 0 Å². The van der Waals surface area contributed by atoms with E-state index >= 15 is 0 Å². The lowest BCUT2D eigenvalue weighted by Gasteiger charge is -2.09. The molecule has 0 atom stereocenters. The second-order valence-electron chi connectivity index (χ2n) is 5.07. The Labute approximate surface area is 132 Å². The van der Waals surface area contributed by atoms with Gasteiger partial charge in [0.2, 0.25) is 0 Å². The van der Waals surface area contributed by atoms with Gasteiger partial charge in [0.05, 0.1) is 10.5 Å². The lowest BCUT2D eigenvalue weighted by Crippen LogP contribution is -2.11. The first-order valence-electron chi connectivity index (χ1n) is 7.02. The molecule has 5 heteroatoms. The van der Waals surface area contributed by atoms with Gasteiger partial charge in [0.1, 0.15) is 5.75 Å². The number of nitro groups is 1. The highest BCUT2D eigenvalue weighted by atomic mass is 16.6. The second kappa shape index (κ2) is 5.88. The van der Waals surface area contributed by atoms with Crippen LogP contribution in [0.1, 0.15) is 15.9 Å². The SMILES string of the molecule is Cc1c(C(=O)Oc2cccc3ccccc23)cccc1[N+](=O)[O-]. The minimum absolute atomic E-state index is 0.0997. The molecule has 0 heterocycles. The van der Waals surface area contributed by atoms with E-state index < -0.39 is 10.9 Å². The standard InChI is InChI=1S/C18H13NO4/c1-12-14(9-5-10-16(12)19(21)22)18(20)23-17-11-4-7-13-6-2-3-8-15(13)17/h2-11H,1H3. The lowest BCUT2D eigenvalue weighted by atomic mass is 10.1. The van der Waals surface area contributed by atoms with E-state index in [1.54, 1.807) is 12.1 Å². The molecule has 0 saturated carbocycles. The maximum atomic E-state index is 12.4. The molecule has 23 heavy (non-hydrogen) atoms. The average Bonchev–Trinajstić information content (AvgIpc) is 2.55. The molecule has 5 nitrogen and oxygen atoms in total. The van der Waals surface area contributed by atoms with Crippen LogP contribution in [0.4, 0.5) is 5.69 Å². The van der Waals surface area contributed by atoms with E-state index in [2.05, 4.69) is 0 Å². The molecule has 0 amide bonds. The fraction of sp³-hybridized carbons (Fsp3) is 0.0556. The Kier molecular flexibility index (Phi) is 3.76. The number of nitrogens with zero attached hydrogens (tertiary/aromatic N) is 1. The van der Waals surface area contributed by atoms with Crippen LogP contribution in [0.2, 0.25) is 0 Å². The van der Waals surface area contributed by atoms with Crippen molar-refractivity contribution < 1.29 is 14.5 Å². The van der Waals surface area contributed by atoms with E-state index in [4.69, 9.17) is 4.74 Å². The largest absolute Gasteiger partial charge is 0.422 e. The van der Waals surface area contributed by atoms with Gasteiger partial charge in [0.15, 0.2) is 0 Å². The van der Waals surface area contributed by atoms with Crippen molar-refractivity contribution in [1.29, 1.82) is 0 Å². The molecule has 0 fully saturated rings. The van der Waals surface area contributed by atoms with Gasteiger partial charge in [-0.2, -0.15) is 0 Å². The fourth-order valence-corrected chi connectivity index (χ4v) is 2.48. The summed E-state index contributed by atoms with van der Waals surface area (Å²) < 4.78 is 5.47. The van der Waals surface area contributed by atoms with E-state index in [1.807, 2.05) is 30.3 Å². The molecule has 0 aliphatic rings. The van der Waals surface area contributed by atoms with Crippen LogP contribution < -0.4 is 4.74 Å². The quantitative estimate of drug-likeness (QED) is 0.313. The van der Waals surface area contributed by atoms with Crippen LogP contribution in [0.5, 0.6) is 5.75 Å². The zero-order chi connectivity index (χ0) is 16.4. The normalized spacial score (nSPS) is 10.5. The molecule has 3 aromatic rings. The van der Waals surface area contributed by atoms with Gasteiger partial charge in [-0.25, -0.2) is 4.79 Å². The van der Waals surface area contributed by atoms with Crippen LogP contribution in [-0.4, -0.2) is 10.9 Å². The molecule has 0 unspecified atom stereocenters. The molecule has 0 spiro atoms. The number of fused-ring (bicyclic) bond motifs is 1. The van der Waals surface area contributed by atoms with E-state index in [1.165, 1.54) is 25.1 Å². The van der Waals surface area contributed by atoms with Gasteiger partial charge in [-0.3, -0.25) is 10.1 Å². The maximum Gasteiger partial charge on any atom is 0.344 e. The zero-order valence-corrected chi connectivity index (χ0v) is 12.4. The molecule has 3 aromatic carbocycles. The molecular formula is C18H13NO4. The summed E-state index contributed by atoms with van der Waals surface area (Å²) in [7, 11) is 0. The number of esters is 1. The molecule has 3 rings (SSSR count). The van der Waals surface area contributed by atoms with Crippen LogP contribution >= 0.6 is 0 Å². The highest BCUT2D eigenvalue weighted by Crippen LogP contribution is 2.27. The fourth-order valence-electron chi connectivity index (χ4n) is 2.48. The van der Waals surface area contributed by atoms with Crippen LogP contribution in [-0.2, 0) is 0 Å². The Bertz CT molecular complexity index is 913. The van der Waals surface area contributed by atoms with Crippen LogP contribution in [0.15, 0.2) is 60.7 Å². The van der Waals surface area contributed by atoms with Crippen molar-refractivity contribution in [3.8, 4) is 5.75 Å². The summed E-state index contributed by atoms with van der Waals surface area (Å²) in [4.78, 5) is 22.9. The van der Waals surface area contributed by atoms with Crippen molar-refractivity contribution >= 4 is 22.4 Å². The van der Waals surface area contributed by atoms with Crippen molar-refractivity contribution in [1.82, 2.24) is 0 Å². The van der Waals surface area contributed by atoms with Gasteiger partial charge in [0.25, 0.3) is 5.69 Å². The molecule has 0 saturated heterocycles. The summed E-state index contributed by atoms with van der Waals surface area (Å²) in [5.74, 6) is -0.179. The molecule has 0 aliphatic heterocycles. The van der Waals surface area contributed by atoms with Gasteiger partial charge in [-0.15, -0.1) is 0 Å². The van der Waals surface area contributed by atoms with Crippen LogP contribution in [0.3, 0.4) is 0 Å². The monoisotopic (exact) mass is 307 g/mol. The highest BCUT2D eigenvalue weighted by molar-refractivity contribution is 5.97. The third kappa shape index (κ3) is 2.76. The molecule has 0 radical (unpaired) electrons. The first kappa shape index (κ1) is 14.7. The number of rotatable bonds is 3. The van der Waals surface area contributed by atoms with E-state index in [0.717, 1.165) is 10.8 Å². The first-order valence-corrected chi connectivity index (χ1v) is 7.02. The van der Waals surface area contributed by atoms with Gasteiger partial charge >= 0.3 is 5.97 Å². The summed E-state index contributed by atoms with van der Waals surface area (Å²) in [6, 6.07) is 17.3. The Balaban J connectivity index is 1.99. The van der Waals surface area contributed by atoms with E-state index in [9.17, 15) is 14.9 Å². The number of hydrogen-bond donors (Lipinski definition) is 0. The number of carbonyl (C=O) groups excluding carboxylic acids is 1. The first-order chi connectivity index (χ1) is 11.1. The smallest absolute Gasteiger partial charge is 0.344 e. The number of nitro benzene ring substituents is 1. The topological polar surface area (TPSA) is 69.4 Å². The third-order valence-corrected chi connectivity index (χ3v) is 3.67. The maximum absolute atomic E-state index is 12.4. The van der Waals surface area contributed by atoms with Gasteiger partial charge in [-0.05, 0) is 24.4 Å². The van der Waals surface area contributed by atoms with Crippen molar-refractivity contribution in [2.45, 2.75) is 6.92 Å². The predicted molar refractivity (Wildman–Crippen MR) is 86.7 cm³/mol. The van der Waals surface area contributed by atoms with E-state index in [-0.39, 0.29) is 11.3 Å². The molecule has 114 valence electrons. The van der Waals surface area contributed by atoms with Crippen molar-refractivity contribution in [3.05, 3.63) is 81.9 Å². The number of benzene rings is 3. The van der Waals surface area contributed by atoms with E-state index in [0.29, 0.717) is 11.3 Å². The Morgan fingerprint density at radius 1 is 1.00 bits per heavy atom. The second-order valence-corrected chi connectivity index (χ2v) is 5.07. The average molecular weight is 307 g/mol. The van der Waals surface area contributed by atoms with Crippen LogP contribution in [0, 0.1) is 17.0 Å². The number of ether oxygens (including phenoxy) is 1. The lowest BCUT2D eigenvalue weighted by molar-refractivity contribution is -0.385. The predicted octanol–water partition coefficient (Wildman–Crippen LogP) is 4.28. The molecule has 0 aromatic heterocycles. The summed E-state index contributed by atoms with van der Waals surface area (Å²) in [6.45, 7) is 1.54. The van der Waals surface area contributed by atoms with Gasteiger partial charge in [0, 0.05) is 17.0 Å². The Morgan fingerprint density at radius 3 is 2.48 bits per heavy atom. The third-order valence-electron chi connectivity index (χ3n) is 3.67. The van der Waals surface area contributed by atoms with Gasteiger partial charge in [-0.1, -0.05) is 42.5 Å². The van der Waals surface area contributed by atoms with Crippen LogP contribution in [0.25, 0.3) is 10.8 Å². The summed E-state index contributed by atoms with van der Waals surface area (Å²) in [6.07, 6.45) is 0. The highest BCUT2D eigenvalue weighted by Gasteiger charge is 2.19. The summed E-state index contributed by atoms with van der Waals surface area (Å²) in [5, 5.41) is 12.7. The Hall–Kier alpha value is -3.21.